The van der Waals surface area contributed by atoms with E-state index in [-0.39, 0.29) is 12.4 Å². The summed E-state index contributed by atoms with van der Waals surface area (Å²) in [5.74, 6) is 1.25. The van der Waals surface area contributed by atoms with Gasteiger partial charge < -0.3 is 20.3 Å². The molecule has 2 unspecified atom stereocenters. The van der Waals surface area contributed by atoms with Crippen LogP contribution in [0.5, 0.6) is 11.5 Å². The van der Waals surface area contributed by atoms with Crippen LogP contribution in [0.3, 0.4) is 0 Å². The van der Waals surface area contributed by atoms with Crippen molar-refractivity contribution in [1.82, 2.24) is 5.32 Å². The Hall–Kier alpha value is -1.26. The Morgan fingerprint density at radius 3 is 2.79 bits per heavy atom. The van der Waals surface area contributed by atoms with Crippen LogP contribution >= 0.6 is 0 Å². The summed E-state index contributed by atoms with van der Waals surface area (Å²) >= 11 is 0. The summed E-state index contributed by atoms with van der Waals surface area (Å²) in [7, 11) is 1.58. The first-order valence-corrected chi connectivity index (χ1v) is 6.94. The molecule has 3 N–H and O–H groups in total. The van der Waals surface area contributed by atoms with Crippen LogP contribution in [0.25, 0.3) is 0 Å². The molecule has 2 rings (SSSR count). The van der Waals surface area contributed by atoms with Crippen molar-refractivity contribution in [1.29, 1.82) is 0 Å². The molecule has 0 radical (unpaired) electrons. The lowest BCUT2D eigenvalue weighted by molar-refractivity contribution is 0.152. The molecule has 1 aromatic carbocycles. The number of phenolic OH excluding ortho intramolecular Hbond substituents is 1. The molecular weight excluding hydrogens is 242 g/mol. The third-order valence-electron chi connectivity index (χ3n) is 3.99. The van der Waals surface area contributed by atoms with E-state index in [4.69, 9.17) is 4.74 Å². The molecule has 1 fully saturated rings. The van der Waals surface area contributed by atoms with Crippen LogP contribution in [-0.4, -0.2) is 30.0 Å². The molecule has 1 aliphatic carbocycles. The highest BCUT2D eigenvalue weighted by atomic mass is 16.5. The fourth-order valence-electron chi connectivity index (χ4n) is 2.76. The first-order chi connectivity index (χ1) is 9.24. The lowest BCUT2D eigenvalue weighted by Crippen LogP contribution is -2.39. The van der Waals surface area contributed by atoms with E-state index in [1.807, 2.05) is 12.1 Å². The van der Waals surface area contributed by atoms with E-state index in [0.717, 1.165) is 18.4 Å². The summed E-state index contributed by atoms with van der Waals surface area (Å²) in [5, 5.41) is 22.7. The Morgan fingerprint density at radius 1 is 1.32 bits per heavy atom. The molecule has 4 nitrogen and oxygen atoms in total. The molecular formula is C15H23NO3. The highest BCUT2D eigenvalue weighted by Crippen LogP contribution is 2.26. The smallest absolute Gasteiger partial charge is 0.123 e. The van der Waals surface area contributed by atoms with E-state index in [2.05, 4.69) is 5.32 Å². The second kappa shape index (κ2) is 6.78. The van der Waals surface area contributed by atoms with Crippen LogP contribution < -0.4 is 10.1 Å². The number of methoxy groups -OCH3 is 1. The monoisotopic (exact) mass is 265 g/mol. The molecule has 0 amide bonds. The van der Waals surface area contributed by atoms with Crippen molar-refractivity contribution in [3.63, 3.8) is 0 Å². The zero-order valence-corrected chi connectivity index (χ0v) is 11.4. The summed E-state index contributed by atoms with van der Waals surface area (Å²) in [6, 6.07) is 5.70. The van der Waals surface area contributed by atoms with Crippen molar-refractivity contribution >= 4 is 0 Å². The van der Waals surface area contributed by atoms with Gasteiger partial charge in [0.15, 0.2) is 0 Å². The van der Waals surface area contributed by atoms with Crippen molar-refractivity contribution in [2.24, 2.45) is 5.92 Å². The second-order valence-corrected chi connectivity index (χ2v) is 5.21. The summed E-state index contributed by atoms with van der Waals surface area (Å²) < 4.78 is 5.07. The van der Waals surface area contributed by atoms with Crippen molar-refractivity contribution in [3.8, 4) is 11.5 Å². The SMILES string of the molecule is COc1ccc(CNC2CCCCC2CO)c(O)c1. The quantitative estimate of drug-likeness (QED) is 0.762. The van der Waals surface area contributed by atoms with Gasteiger partial charge in [0.1, 0.15) is 11.5 Å². The zero-order chi connectivity index (χ0) is 13.7. The number of ether oxygens (including phenoxy) is 1. The topological polar surface area (TPSA) is 61.7 Å². The van der Waals surface area contributed by atoms with Crippen LogP contribution in [-0.2, 0) is 6.54 Å². The number of nitrogens with one attached hydrogen (secondary N) is 1. The predicted octanol–water partition coefficient (Wildman–Crippen LogP) is 2.04. The zero-order valence-electron chi connectivity index (χ0n) is 11.4. The molecule has 0 spiro atoms. The standard InChI is InChI=1S/C15H23NO3/c1-19-13-7-6-11(15(18)8-13)9-16-14-5-3-2-4-12(14)10-17/h6-8,12,14,16-18H,2-5,9-10H2,1H3. The molecule has 1 aromatic rings. The number of aliphatic hydroxyl groups excluding tert-OH is 1. The van der Waals surface area contributed by atoms with Gasteiger partial charge in [0.2, 0.25) is 0 Å². The minimum atomic E-state index is 0.242. The lowest BCUT2D eigenvalue weighted by atomic mass is 9.85. The maximum atomic E-state index is 9.91. The second-order valence-electron chi connectivity index (χ2n) is 5.21. The summed E-state index contributed by atoms with van der Waals surface area (Å²) in [6.07, 6.45) is 4.60. The van der Waals surface area contributed by atoms with Gasteiger partial charge in [-0.25, -0.2) is 0 Å². The van der Waals surface area contributed by atoms with Crippen LogP contribution in [0.15, 0.2) is 18.2 Å². The molecule has 4 heteroatoms. The van der Waals surface area contributed by atoms with E-state index in [1.54, 1.807) is 13.2 Å². The fourth-order valence-corrected chi connectivity index (χ4v) is 2.76. The van der Waals surface area contributed by atoms with Crippen LogP contribution in [0.4, 0.5) is 0 Å². The van der Waals surface area contributed by atoms with Crippen LogP contribution in [0.2, 0.25) is 0 Å². The van der Waals surface area contributed by atoms with Crippen LogP contribution in [0, 0.1) is 5.92 Å². The number of phenols is 1. The third kappa shape index (κ3) is 3.61. The Bertz CT molecular complexity index is 408. The molecule has 1 aliphatic rings. The number of aromatic hydroxyl groups is 1. The van der Waals surface area contributed by atoms with Crippen molar-refractivity contribution < 1.29 is 14.9 Å². The fraction of sp³-hybridized carbons (Fsp3) is 0.600. The van der Waals surface area contributed by atoms with E-state index < -0.39 is 0 Å². The number of hydrogen-bond donors (Lipinski definition) is 3. The minimum absolute atomic E-state index is 0.242. The van der Waals surface area contributed by atoms with Gasteiger partial charge in [-0.3, -0.25) is 0 Å². The number of rotatable bonds is 5. The van der Waals surface area contributed by atoms with Gasteiger partial charge in [0.25, 0.3) is 0 Å². The third-order valence-corrected chi connectivity index (χ3v) is 3.99. The van der Waals surface area contributed by atoms with Gasteiger partial charge >= 0.3 is 0 Å². The normalized spacial score (nSPS) is 23.3. The van der Waals surface area contributed by atoms with E-state index in [9.17, 15) is 10.2 Å². The Balaban J connectivity index is 1.94. The predicted molar refractivity (Wildman–Crippen MR) is 74.3 cm³/mol. The summed E-state index contributed by atoms with van der Waals surface area (Å²) in [4.78, 5) is 0. The minimum Gasteiger partial charge on any atom is -0.507 e. The summed E-state index contributed by atoms with van der Waals surface area (Å²) in [6.45, 7) is 0.864. The van der Waals surface area contributed by atoms with Gasteiger partial charge in [-0.05, 0) is 24.8 Å². The number of aliphatic hydroxyl groups is 1. The number of benzene rings is 1. The van der Waals surface area contributed by atoms with Crippen LogP contribution in [0.1, 0.15) is 31.2 Å². The average Bonchev–Trinajstić information content (AvgIpc) is 2.46. The molecule has 19 heavy (non-hydrogen) atoms. The first-order valence-electron chi connectivity index (χ1n) is 6.94. The Labute approximate surface area is 114 Å². The van der Waals surface area contributed by atoms with E-state index in [1.165, 1.54) is 12.8 Å². The molecule has 0 saturated heterocycles. The molecule has 106 valence electrons. The molecule has 2 atom stereocenters. The molecule has 0 heterocycles. The summed E-state index contributed by atoms with van der Waals surface area (Å²) in [5.41, 5.74) is 0.864. The maximum absolute atomic E-state index is 9.91. The highest BCUT2D eigenvalue weighted by Gasteiger charge is 2.23. The van der Waals surface area contributed by atoms with Gasteiger partial charge in [-0.2, -0.15) is 0 Å². The first kappa shape index (κ1) is 14.2. The average molecular weight is 265 g/mol. The van der Waals surface area contributed by atoms with Gasteiger partial charge in [0, 0.05) is 30.8 Å². The Morgan fingerprint density at radius 2 is 2.11 bits per heavy atom. The van der Waals surface area contributed by atoms with E-state index >= 15 is 0 Å². The van der Waals surface area contributed by atoms with E-state index in [0.29, 0.717) is 24.3 Å². The number of hydrogen-bond acceptors (Lipinski definition) is 4. The Kier molecular flexibility index (Phi) is 5.05. The molecule has 1 saturated carbocycles. The molecule has 0 bridgehead atoms. The van der Waals surface area contributed by atoms with Gasteiger partial charge in [0.05, 0.1) is 7.11 Å². The molecule has 0 aliphatic heterocycles. The van der Waals surface area contributed by atoms with Crippen molar-refractivity contribution in [2.45, 2.75) is 38.3 Å². The van der Waals surface area contributed by atoms with Gasteiger partial charge in [-0.1, -0.05) is 18.9 Å². The largest absolute Gasteiger partial charge is 0.507 e. The maximum Gasteiger partial charge on any atom is 0.123 e. The van der Waals surface area contributed by atoms with Crippen molar-refractivity contribution in [2.75, 3.05) is 13.7 Å². The lowest BCUT2D eigenvalue weighted by Gasteiger charge is -2.31. The molecule has 0 aromatic heterocycles. The van der Waals surface area contributed by atoms with Gasteiger partial charge in [-0.15, -0.1) is 0 Å². The highest BCUT2D eigenvalue weighted by molar-refractivity contribution is 5.39. The van der Waals surface area contributed by atoms with Crippen molar-refractivity contribution in [3.05, 3.63) is 23.8 Å².